The molecule has 0 radical (unpaired) electrons. The molecule has 138 valence electrons. The predicted molar refractivity (Wildman–Crippen MR) is 88.1 cm³/mol. The van der Waals surface area contributed by atoms with Crippen LogP contribution in [0.5, 0.6) is 0 Å². The normalized spacial score (nSPS) is 40.1. The first-order valence-corrected chi connectivity index (χ1v) is 11.0. The summed E-state index contributed by atoms with van der Waals surface area (Å²) >= 11 is 0. The van der Waals surface area contributed by atoms with E-state index >= 15 is 0 Å². The van der Waals surface area contributed by atoms with Gasteiger partial charge in [-0.05, 0) is 31.1 Å². The number of hydrogen-bond donors (Lipinski definition) is 2. The molecule has 5 aliphatic rings. The van der Waals surface area contributed by atoms with Gasteiger partial charge in [0.15, 0.2) is 9.84 Å². The third kappa shape index (κ3) is 2.29. The molecule has 3 aliphatic carbocycles. The van der Waals surface area contributed by atoms with Gasteiger partial charge in [-0.25, -0.2) is 8.42 Å². The number of carbonyl (C=O) groups excluding carboxylic acids is 2. The number of nitrogens with one attached hydrogen (secondary N) is 1. The average Bonchev–Trinajstić information content (AvgIpc) is 3.06. The molecule has 0 aromatic rings. The van der Waals surface area contributed by atoms with Crippen molar-refractivity contribution in [2.75, 3.05) is 31.1 Å². The van der Waals surface area contributed by atoms with Gasteiger partial charge >= 0.3 is 0 Å². The lowest BCUT2D eigenvalue weighted by atomic mass is 9.63. The lowest BCUT2D eigenvalue weighted by Gasteiger charge is -2.52. The third-order valence-electron chi connectivity index (χ3n) is 7.19. The van der Waals surface area contributed by atoms with Gasteiger partial charge in [0.05, 0.1) is 23.0 Å². The number of carbonyl (C=O) groups is 2. The zero-order valence-corrected chi connectivity index (χ0v) is 14.9. The highest BCUT2D eigenvalue weighted by Crippen LogP contribution is 2.68. The molecule has 3 atom stereocenters. The van der Waals surface area contributed by atoms with Gasteiger partial charge in [-0.1, -0.05) is 0 Å². The van der Waals surface area contributed by atoms with Crippen LogP contribution >= 0.6 is 0 Å². The van der Waals surface area contributed by atoms with E-state index in [4.69, 9.17) is 0 Å². The van der Waals surface area contributed by atoms with Crippen LogP contribution in [-0.2, 0) is 19.4 Å². The molecule has 2 amide bonds. The lowest BCUT2D eigenvalue weighted by molar-refractivity contribution is -0.150. The van der Waals surface area contributed by atoms with Crippen molar-refractivity contribution in [3.8, 4) is 0 Å². The highest BCUT2D eigenvalue weighted by atomic mass is 32.2. The first-order chi connectivity index (χ1) is 11.7. The summed E-state index contributed by atoms with van der Waals surface area (Å²) in [5.74, 6) is 1.18. The second-order valence-corrected chi connectivity index (χ2v) is 11.3. The molecule has 0 unspecified atom stereocenters. The molecule has 25 heavy (non-hydrogen) atoms. The van der Waals surface area contributed by atoms with Crippen molar-refractivity contribution in [3.63, 3.8) is 0 Å². The Morgan fingerprint density at radius 1 is 1.12 bits per heavy atom. The van der Waals surface area contributed by atoms with Crippen LogP contribution in [0.25, 0.3) is 0 Å². The molecule has 5 fully saturated rings. The average molecular weight is 368 g/mol. The van der Waals surface area contributed by atoms with Crippen molar-refractivity contribution in [1.29, 1.82) is 0 Å². The molecular formula is C17H24N2O5S. The third-order valence-corrected chi connectivity index (χ3v) is 9.29. The summed E-state index contributed by atoms with van der Waals surface area (Å²) < 4.78 is 22.6. The van der Waals surface area contributed by atoms with E-state index in [1.54, 1.807) is 0 Å². The maximum absolute atomic E-state index is 12.4. The molecule has 3 saturated carbocycles. The van der Waals surface area contributed by atoms with E-state index in [1.807, 2.05) is 4.90 Å². The molecule has 2 heterocycles. The smallest absolute Gasteiger partial charge is 0.229 e. The number of sulfone groups is 1. The van der Waals surface area contributed by atoms with Crippen LogP contribution in [-0.4, -0.2) is 67.5 Å². The van der Waals surface area contributed by atoms with Crippen LogP contribution in [0.3, 0.4) is 0 Å². The van der Waals surface area contributed by atoms with Crippen LogP contribution in [0.15, 0.2) is 0 Å². The topological polar surface area (TPSA) is 104 Å². The number of amides is 2. The van der Waals surface area contributed by atoms with Crippen molar-refractivity contribution in [1.82, 2.24) is 10.2 Å². The molecule has 2 saturated heterocycles. The van der Waals surface area contributed by atoms with E-state index < -0.39 is 9.84 Å². The first-order valence-electron chi connectivity index (χ1n) is 9.18. The Morgan fingerprint density at radius 2 is 1.80 bits per heavy atom. The zero-order valence-electron chi connectivity index (χ0n) is 14.1. The van der Waals surface area contributed by atoms with Gasteiger partial charge in [0.1, 0.15) is 0 Å². The van der Waals surface area contributed by atoms with Gasteiger partial charge < -0.3 is 15.3 Å². The van der Waals surface area contributed by atoms with Crippen molar-refractivity contribution < 1.29 is 23.1 Å². The summed E-state index contributed by atoms with van der Waals surface area (Å²) in [6, 6.07) is 0. The Labute approximate surface area is 147 Å². The molecule has 1 spiro atoms. The van der Waals surface area contributed by atoms with Crippen molar-refractivity contribution in [3.05, 3.63) is 0 Å². The zero-order chi connectivity index (χ0) is 17.6. The molecule has 5 rings (SSSR count). The molecule has 7 nitrogen and oxygen atoms in total. The summed E-state index contributed by atoms with van der Waals surface area (Å²) in [6.45, 7) is 1.97. The Kier molecular flexibility index (Phi) is 3.06. The summed E-state index contributed by atoms with van der Waals surface area (Å²) in [5.41, 5.74) is -0.342. The Balaban J connectivity index is 1.02. The molecule has 2 aliphatic heterocycles. The fourth-order valence-corrected chi connectivity index (χ4v) is 7.88. The lowest BCUT2D eigenvalue weighted by Crippen LogP contribution is -2.60. The Bertz CT molecular complexity index is 739. The van der Waals surface area contributed by atoms with Crippen LogP contribution in [0.1, 0.15) is 25.7 Å². The number of nitrogens with zero attached hydrogens (tertiary/aromatic N) is 1. The monoisotopic (exact) mass is 368 g/mol. The van der Waals surface area contributed by atoms with Gasteiger partial charge in [-0.2, -0.15) is 0 Å². The minimum absolute atomic E-state index is 0.0302. The highest BCUT2D eigenvalue weighted by Gasteiger charge is 2.72. The second-order valence-electron chi connectivity index (χ2n) is 9.20. The van der Waals surface area contributed by atoms with E-state index in [0.717, 1.165) is 6.42 Å². The van der Waals surface area contributed by atoms with E-state index in [1.165, 1.54) is 0 Å². The maximum Gasteiger partial charge on any atom is 0.229 e. The second kappa shape index (κ2) is 4.76. The fraction of sp³-hybridized carbons (Fsp3) is 0.882. The number of hydrogen-bond acceptors (Lipinski definition) is 5. The standard InChI is InChI=1S/C17H24N2O5S/c20-13-4-17(3-12(13)17)15(22)19-6-10(7-19)5-18-14(21)11-1-16(2-11)8-25(23,24)9-16/h10-13,20H,1-9H2,(H,18,21)/t12-,13+,17-/m0/s1. The summed E-state index contributed by atoms with van der Waals surface area (Å²) in [6.07, 6.45) is 2.56. The number of likely N-dealkylation sites (tertiary alicyclic amines) is 1. The minimum atomic E-state index is -2.83. The molecule has 2 N–H and O–H groups in total. The largest absolute Gasteiger partial charge is 0.393 e. The van der Waals surface area contributed by atoms with Crippen LogP contribution < -0.4 is 5.32 Å². The number of aliphatic hydroxyl groups excluding tert-OH is 1. The number of aliphatic hydroxyl groups is 1. The van der Waals surface area contributed by atoms with E-state index in [9.17, 15) is 23.1 Å². The summed E-state index contributed by atoms with van der Waals surface area (Å²) in [4.78, 5) is 26.4. The summed E-state index contributed by atoms with van der Waals surface area (Å²) in [5, 5.41) is 12.5. The van der Waals surface area contributed by atoms with Crippen LogP contribution in [0.2, 0.25) is 0 Å². The number of fused-ring (bicyclic) bond motifs is 1. The highest BCUT2D eigenvalue weighted by molar-refractivity contribution is 7.92. The van der Waals surface area contributed by atoms with Gasteiger partial charge in [0, 0.05) is 37.4 Å². The molecule has 0 bridgehead atoms. The Morgan fingerprint density at radius 3 is 2.32 bits per heavy atom. The van der Waals surface area contributed by atoms with Crippen LogP contribution in [0, 0.1) is 28.6 Å². The summed E-state index contributed by atoms with van der Waals surface area (Å²) in [7, 11) is -2.83. The van der Waals surface area contributed by atoms with Gasteiger partial charge in [-0.3, -0.25) is 9.59 Å². The molecule has 0 aromatic heterocycles. The van der Waals surface area contributed by atoms with Gasteiger partial charge in [-0.15, -0.1) is 0 Å². The van der Waals surface area contributed by atoms with Gasteiger partial charge in [0.25, 0.3) is 0 Å². The van der Waals surface area contributed by atoms with E-state index in [0.29, 0.717) is 44.8 Å². The van der Waals surface area contributed by atoms with E-state index in [-0.39, 0.29) is 52.1 Å². The van der Waals surface area contributed by atoms with Crippen molar-refractivity contribution in [2.45, 2.75) is 31.8 Å². The first kappa shape index (κ1) is 16.1. The van der Waals surface area contributed by atoms with Crippen LogP contribution in [0.4, 0.5) is 0 Å². The molecule has 0 aromatic carbocycles. The SMILES string of the molecule is O=C(NCC1CN(C(=O)[C@@]23C[C@@H](O)[C@@H]2C3)C1)C1CC2(C1)CS(=O)(=O)C2. The maximum atomic E-state index is 12.4. The van der Waals surface area contributed by atoms with Crippen molar-refractivity contribution in [2.24, 2.45) is 28.6 Å². The molecular weight excluding hydrogens is 344 g/mol. The quantitative estimate of drug-likeness (QED) is 0.673. The molecule has 8 heteroatoms. The predicted octanol–water partition coefficient (Wildman–Crippen LogP) is -0.843. The minimum Gasteiger partial charge on any atom is -0.393 e. The Hall–Kier alpha value is -1.15. The number of rotatable bonds is 4. The van der Waals surface area contributed by atoms with Gasteiger partial charge in [0.2, 0.25) is 11.8 Å². The van der Waals surface area contributed by atoms with Crippen molar-refractivity contribution >= 4 is 21.7 Å². The fourth-order valence-electron chi connectivity index (χ4n) is 5.63. The van der Waals surface area contributed by atoms with E-state index in [2.05, 4.69) is 5.32 Å².